The van der Waals surface area contributed by atoms with Crippen LogP contribution < -0.4 is 5.32 Å². The van der Waals surface area contributed by atoms with Crippen molar-refractivity contribution in [2.45, 2.75) is 6.61 Å². The number of benzene rings is 2. The number of nitrogens with zero attached hydrogens (tertiary/aromatic N) is 1. The van der Waals surface area contributed by atoms with Gasteiger partial charge in [0.2, 0.25) is 0 Å². The first-order valence-corrected chi connectivity index (χ1v) is 7.37. The summed E-state index contributed by atoms with van der Waals surface area (Å²) in [5.41, 5.74) is 2.22. The maximum absolute atomic E-state index is 11.6. The minimum Gasteiger partial charge on any atom is -0.445 e. The zero-order valence-corrected chi connectivity index (χ0v) is 13.1. The number of nitrogens with one attached hydrogen (secondary N) is 1. The number of hydrogen-bond acceptors (Lipinski definition) is 3. The lowest BCUT2D eigenvalue weighted by Gasteiger charge is -2.05. The fourth-order valence-corrected chi connectivity index (χ4v) is 2.13. The minimum absolute atomic E-state index is 0.232. The molecule has 0 aliphatic heterocycles. The number of alkyl carbamates (subject to hydrolysis) is 1. The summed E-state index contributed by atoms with van der Waals surface area (Å²) in [6, 6.07) is 16.6. The molecule has 0 spiro atoms. The van der Waals surface area contributed by atoms with Crippen LogP contribution in [-0.4, -0.2) is 12.6 Å². The SMILES string of the molecule is N#Cc1cc(Cl)cc(C=CCNC(=O)OCc2ccccc2)c1. The molecule has 1 amide bonds. The molecule has 0 aliphatic carbocycles. The normalized spacial score (nSPS) is 10.3. The molecule has 2 aromatic rings. The van der Waals surface area contributed by atoms with Crippen LogP contribution in [0, 0.1) is 11.3 Å². The van der Waals surface area contributed by atoms with Crippen molar-refractivity contribution in [1.29, 1.82) is 5.26 Å². The predicted octanol–water partition coefficient (Wildman–Crippen LogP) is 4.15. The Hall–Kier alpha value is -2.77. The first-order valence-electron chi connectivity index (χ1n) is 6.99. The molecule has 116 valence electrons. The third kappa shape index (κ3) is 5.85. The highest BCUT2D eigenvalue weighted by atomic mass is 35.5. The Balaban J connectivity index is 1.77. The summed E-state index contributed by atoms with van der Waals surface area (Å²) < 4.78 is 5.09. The number of hydrogen-bond donors (Lipinski definition) is 1. The van der Waals surface area contributed by atoms with Crippen molar-refractivity contribution < 1.29 is 9.53 Å². The average molecular weight is 327 g/mol. The van der Waals surface area contributed by atoms with Gasteiger partial charge in [-0.05, 0) is 29.3 Å². The van der Waals surface area contributed by atoms with Crippen molar-refractivity contribution in [2.75, 3.05) is 6.54 Å². The molecule has 1 N–H and O–H groups in total. The van der Waals surface area contributed by atoms with Crippen LogP contribution in [-0.2, 0) is 11.3 Å². The third-order valence-corrected chi connectivity index (χ3v) is 3.15. The van der Waals surface area contributed by atoms with Crippen molar-refractivity contribution in [1.82, 2.24) is 5.32 Å². The Morgan fingerprint density at radius 1 is 1.26 bits per heavy atom. The van der Waals surface area contributed by atoms with Crippen LogP contribution in [0.2, 0.25) is 5.02 Å². The summed E-state index contributed by atoms with van der Waals surface area (Å²) >= 11 is 5.92. The molecule has 0 heterocycles. The summed E-state index contributed by atoms with van der Waals surface area (Å²) in [6.45, 7) is 0.554. The lowest BCUT2D eigenvalue weighted by molar-refractivity contribution is 0.141. The number of carbonyl (C=O) groups is 1. The van der Waals surface area contributed by atoms with E-state index in [1.807, 2.05) is 36.4 Å². The van der Waals surface area contributed by atoms with Crippen molar-refractivity contribution >= 4 is 23.8 Å². The molecule has 2 rings (SSSR count). The number of ether oxygens (including phenoxy) is 1. The fraction of sp³-hybridized carbons (Fsp3) is 0.111. The summed E-state index contributed by atoms with van der Waals surface area (Å²) in [6.07, 6.45) is 3.06. The molecule has 0 aliphatic rings. The van der Waals surface area contributed by atoms with E-state index >= 15 is 0 Å². The Kier molecular flexibility index (Phi) is 6.22. The van der Waals surface area contributed by atoms with Crippen LogP contribution in [0.3, 0.4) is 0 Å². The van der Waals surface area contributed by atoms with Gasteiger partial charge in [-0.1, -0.05) is 54.1 Å². The minimum atomic E-state index is -0.484. The van der Waals surface area contributed by atoms with Gasteiger partial charge >= 0.3 is 6.09 Å². The van der Waals surface area contributed by atoms with E-state index in [4.69, 9.17) is 21.6 Å². The second kappa shape index (κ2) is 8.62. The molecule has 0 radical (unpaired) electrons. The van der Waals surface area contributed by atoms with Crippen molar-refractivity contribution in [3.63, 3.8) is 0 Å². The van der Waals surface area contributed by atoms with E-state index < -0.39 is 6.09 Å². The lowest BCUT2D eigenvalue weighted by Crippen LogP contribution is -2.24. The molecular weight excluding hydrogens is 312 g/mol. The Bertz CT molecular complexity index is 736. The highest BCUT2D eigenvalue weighted by Gasteiger charge is 2.00. The van der Waals surface area contributed by atoms with Gasteiger partial charge < -0.3 is 10.1 Å². The highest BCUT2D eigenvalue weighted by molar-refractivity contribution is 6.30. The van der Waals surface area contributed by atoms with Gasteiger partial charge in [0.25, 0.3) is 0 Å². The Morgan fingerprint density at radius 3 is 2.78 bits per heavy atom. The zero-order valence-electron chi connectivity index (χ0n) is 12.3. The van der Waals surface area contributed by atoms with Gasteiger partial charge in [0.15, 0.2) is 0 Å². The summed E-state index contributed by atoms with van der Waals surface area (Å²) in [4.78, 5) is 11.6. The maximum atomic E-state index is 11.6. The summed E-state index contributed by atoms with van der Waals surface area (Å²) in [5, 5.41) is 12.0. The fourth-order valence-electron chi connectivity index (χ4n) is 1.88. The van der Waals surface area contributed by atoms with E-state index in [0.717, 1.165) is 11.1 Å². The molecule has 0 saturated heterocycles. The lowest BCUT2D eigenvalue weighted by atomic mass is 10.1. The van der Waals surface area contributed by atoms with Gasteiger partial charge in [-0.15, -0.1) is 0 Å². The van der Waals surface area contributed by atoms with Gasteiger partial charge in [0.1, 0.15) is 6.61 Å². The van der Waals surface area contributed by atoms with Crippen molar-refractivity contribution in [3.05, 3.63) is 76.3 Å². The average Bonchev–Trinajstić information content (AvgIpc) is 2.57. The molecule has 0 aromatic heterocycles. The highest BCUT2D eigenvalue weighted by Crippen LogP contribution is 2.15. The Morgan fingerprint density at radius 2 is 2.04 bits per heavy atom. The number of amides is 1. The molecule has 0 fully saturated rings. The van der Waals surface area contributed by atoms with Crippen LogP contribution in [0.4, 0.5) is 4.79 Å². The van der Waals surface area contributed by atoms with Crippen LogP contribution in [0.1, 0.15) is 16.7 Å². The topological polar surface area (TPSA) is 62.1 Å². The van der Waals surface area contributed by atoms with E-state index in [1.54, 1.807) is 30.4 Å². The Labute approximate surface area is 140 Å². The van der Waals surface area contributed by atoms with Crippen LogP contribution >= 0.6 is 11.6 Å². The molecule has 4 nitrogen and oxygen atoms in total. The quantitative estimate of drug-likeness (QED) is 0.897. The number of carbonyl (C=O) groups excluding carboxylic acids is 1. The van der Waals surface area contributed by atoms with E-state index in [2.05, 4.69) is 5.32 Å². The summed E-state index contributed by atoms with van der Waals surface area (Å²) in [7, 11) is 0. The van der Waals surface area contributed by atoms with Crippen molar-refractivity contribution in [2.24, 2.45) is 0 Å². The number of nitriles is 1. The number of halogens is 1. The molecule has 2 aromatic carbocycles. The van der Waals surface area contributed by atoms with E-state index in [0.29, 0.717) is 17.1 Å². The molecule has 5 heteroatoms. The third-order valence-electron chi connectivity index (χ3n) is 2.94. The second-order valence-corrected chi connectivity index (χ2v) is 5.17. The molecule has 23 heavy (non-hydrogen) atoms. The summed E-state index contributed by atoms with van der Waals surface area (Å²) in [5.74, 6) is 0. The van der Waals surface area contributed by atoms with E-state index in [9.17, 15) is 4.79 Å². The molecule has 0 unspecified atom stereocenters. The molecular formula is C18H15ClN2O2. The van der Waals surface area contributed by atoms with Crippen LogP contribution in [0.25, 0.3) is 6.08 Å². The molecule has 0 atom stereocenters. The standard InChI is InChI=1S/C18H15ClN2O2/c19-17-10-15(9-16(11-17)12-20)7-4-8-21-18(22)23-13-14-5-2-1-3-6-14/h1-7,9-11H,8,13H2,(H,21,22). The molecule has 0 saturated carbocycles. The van der Waals surface area contributed by atoms with E-state index in [-0.39, 0.29) is 6.61 Å². The maximum Gasteiger partial charge on any atom is 0.407 e. The van der Waals surface area contributed by atoms with E-state index in [1.165, 1.54) is 0 Å². The largest absolute Gasteiger partial charge is 0.445 e. The zero-order chi connectivity index (χ0) is 16.5. The van der Waals surface area contributed by atoms with Crippen LogP contribution in [0.5, 0.6) is 0 Å². The first kappa shape index (κ1) is 16.6. The smallest absolute Gasteiger partial charge is 0.407 e. The molecule has 0 bridgehead atoms. The van der Waals surface area contributed by atoms with Gasteiger partial charge in [-0.2, -0.15) is 5.26 Å². The number of rotatable bonds is 5. The van der Waals surface area contributed by atoms with Crippen LogP contribution in [0.15, 0.2) is 54.6 Å². The van der Waals surface area contributed by atoms with Gasteiger partial charge in [-0.25, -0.2) is 4.79 Å². The predicted molar refractivity (Wildman–Crippen MR) is 89.8 cm³/mol. The first-order chi connectivity index (χ1) is 11.2. The monoisotopic (exact) mass is 326 g/mol. The van der Waals surface area contributed by atoms with Gasteiger partial charge in [0, 0.05) is 11.6 Å². The van der Waals surface area contributed by atoms with Gasteiger partial charge in [-0.3, -0.25) is 0 Å². The van der Waals surface area contributed by atoms with Crippen molar-refractivity contribution in [3.8, 4) is 6.07 Å². The second-order valence-electron chi connectivity index (χ2n) is 4.73. The van der Waals surface area contributed by atoms with Gasteiger partial charge in [0.05, 0.1) is 11.6 Å².